The minimum Gasteiger partial charge on any atom is -0.445 e. The molecule has 8 nitrogen and oxygen atoms in total. The summed E-state index contributed by atoms with van der Waals surface area (Å²) in [6, 6.07) is 32.1. The standard InChI is InChI=1S/C28H25N2O6P/c29-26(31)22-16-18-23(19-17-22)27(30-28(32)34-20-21-10-4-1-5-11-21)37(33,35-24-12-6-2-7-13-24)36-25-14-8-3-9-15-25/h1-19,27H,20H2,(H2,29,31)(H,30,32). The van der Waals surface area contributed by atoms with Crippen molar-refractivity contribution in [3.8, 4) is 11.5 Å². The van der Waals surface area contributed by atoms with Gasteiger partial charge < -0.3 is 24.8 Å². The molecule has 188 valence electrons. The van der Waals surface area contributed by atoms with E-state index in [1.165, 1.54) is 24.3 Å². The highest BCUT2D eigenvalue weighted by Gasteiger charge is 2.42. The van der Waals surface area contributed by atoms with Crippen molar-refractivity contribution < 1.29 is 27.9 Å². The second-order valence-electron chi connectivity index (χ2n) is 7.94. The fourth-order valence-electron chi connectivity index (χ4n) is 3.43. The predicted molar refractivity (Wildman–Crippen MR) is 139 cm³/mol. The largest absolute Gasteiger partial charge is 0.457 e. The van der Waals surface area contributed by atoms with E-state index in [2.05, 4.69) is 5.32 Å². The van der Waals surface area contributed by atoms with Crippen molar-refractivity contribution in [1.82, 2.24) is 5.32 Å². The average molecular weight is 516 g/mol. The number of carbonyl (C=O) groups is 2. The van der Waals surface area contributed by atoms with E-state index >= 15 is 0 Å². The monoisotopic (exact) mass is 516 g/mol. The Hall–Kier alpha value is -4.55. The van der Waals surface area contributed by atoms with Gasteiger partial charge in [-0.2, -0.15) is 0 Å². The average Bonchev–Trinajstić information content (AvgIpc) is 2.92. The van der Waals surface area contributed by atoms with Gasteiger partial charge >= 0.3 is 13.7 Å². The zero-order chi connectivity index (χ0) is 26.1. The molecule has 4 aromatic carbocycles. The molecule has 0 aliphatic carbocycles. The van der Waals surface area contributed by atoms with Crippen LogP contribution in [-0.4, -0.2) is 12.0 Å². The van der Waals surface area contributed by atoms with Crippen LogP contribution in [0.5, 0.6) is 11.5 Å². The quantitative estimate of drug-likeness (QED) is 0.248. The third kappa shape index (κ3) is 6.99. The van der Waals surface area contributed by atoms with E-state index < -0.39 is 25.4 Å². The summed E-state index contributed by atoms with van der Waals surface area (Å²) in [5.74, 6) is -1.36. The number of rotatable bonds is 10. The van der Waals surface area contributed by atoms with Crippen molar-refractivity contribution in [2.45, 2.75) is 12.4 Å². The first-order chi connectivity index (χ1) is 17.9. The first-order valence-corrected chi connectivity index (χ1v) is 13.0. The Kier molecular flexibility index (Phi) is 8.23. The van der Waals surface area contributed by atoms with Gasteiger partial charge in [-0.3, -0.25) is 4.79 Å². The second-order valence-corrected chi connectivity index (χ2v) is 9.90. The second kappa shape index (κ2) is 11.9. The maximum Gasteiger partial charge on any atom is 0.457 e. The van der Waals surface area contributed by atoms with Gasteiger partial charge in [-0.1, -0.05) is 78.9 Å². The predicted octanol–water partition coefficient (Wildman–Crippen LogP) is 6.06. The first kappa shape index (κ1) is 25.5. The summed E-state index contributed by atoms with van der Waals surface area (Å²) in [6.45, 7) is 0.00337. The minimum absolute atomic E-state index is 0.00337. The Balaban J connectivity index is 1.69. The summed E-state index contributed by atoms with van der Waals surface area (Å²) in [4.78, 5) is 24.5. The van der Waals surface area contributed by atoms with E-state index in [-0.39, 0.29) is 23.7 Å². The van der Waals surface area contributed by atoms with Gasteiger partial charge in [0.15, 0.2) is 5.78 Å². The van der Waals surface area contributed by atoms with Crippen LogP contribution in [0.1, 0.15) is 27.3 Å². The molecule has 0 radical (unpaired) electrons. The molecule has 0 bridgehead atoms. The molecule has 2 amide bonds. The van der Waals surface area contributed by atoms with E-state index in [9.17, 15) is 14.2 Å². The molecule has 4 aromatic rings. The summed E-state index contributed by atoms with van der Waals surface area (Å²) in [7, 11) is -4.21. The van der Waals surface area contributed by atoms with Crippen LogP contribution in [0.25, 0.3) is 0 Å². The van der Waals surface area contributed by atoms with Crippen LogP contribution in [0, 0.1) is 0 Å². The van der Waals surface area contributed by atoms with Gasteiger partial charge in [0.05, 0.1) is 0 Å². The Morgan fingerprint density at radius 2 is 1.22 bits per heavy atom. The van der Waals surface area contributed by atoms with E-state index in [1.54, 1.807) is 60.7 Å². The molecule has 3 N–H and O–H groups in total. The molecule has 0 aliphatic rings. The molecule has 0 spiro atoms. The van der Waals surface area contributed by atoms with Crippen LogP contribution in [0.2, 0.25) is 0 Å². The molecular weight excluding hydrogens is 491 g/mol. The highest BCUT2D eigenvalue weighted by Crippen LogP contribution is 2.59. The zero-order valence-electron chi connectivity index (χ0n) is 19.7. The van der Waals surface area contributed by atoms with E-state index in [0.29, 0.717) is 5.56 Å². The Morgan fingerprint density at radius 3 is 1.70 bits per heavy atom. The van der Waals surface area contributed by atoms with Gasteiger partial charge in [-0.05, 0) is 47.5 Å². The highest BCUT2D eigenvalue weighted by molar-refractivity contribution is 7.55. The Morgan fingerprint density at radius 1 is 0.730 bits per heavy atom. The number of ether oxygens (including phenoxy) is 1. The van der Waals surface area contributed by atoms with Crippen LogP contribution in [0.4, 0.5) is 4.79 Å². The summed E-state index contributed by atoms with van der Waals surface area (Å²) in [5, 5.41) is 2.64. The van der Waals surface area contributed by atoms with Crippen LogP contribution in [-0.2, 0) is 15.9 Å². The lowest BCUT2D eigenvalue weighted by atomic mass is 10.1. The zero-order valence-corrected chi connectivity index (χ0v) is 20.6. The molecular formula is C28H25N2O6P. The van der Waals surface area contributed by atoms with Crippen molar-refractivity contribution in [3.05, 3.63) is 132 Å². The number of alkyl carbamates (subject to hydrolysis) is 1. The lowest BCUT2D eigenvalue weighted by Crippen LogP contribution is -2.31. The third-order valence-corrected chi connectivity index (χ3v) is 7.24. The number of nitrogens with one attached hydrogen (secondary N) is 1. The molecule has 9 heteroatoms. The molecule has 0 saturated heterocycles. The molecule has 0 aliphatic heterocycles. The van der Waals surface area contributed by atoms with E-state index in [1.807, 2.05) is 30.3 Å². The van der Waals surface area contributed by atoms with Crippen LogP contribution in [0.15, 0.2) is 115 Å². The lowest BCUT2D eigenvalue weighted by Gasteiger charge is -2.28. The van der Waals surface area contributed by atoms with E-state index in [0.717, 1.165) is 5.56 Å². The van der Waals surface area contributed by atoms with Gasteiger partial charge in [0.2, 0.25) is 5.91 Å². The maximum absolute atomic E-state index is 14.5. The molecule has 0 fully saturated rings. The van der Waals surface area contributed by atoms with Crippen LogP contribution < -0.4 is 20.1 Å². The van der Waals surface area contributed by atoms with Gasteiger partial charge in [-0.25, -0.2) is 9.36 Å². The molecule has 1 atom stereocenters. The van der Waals surface area contributed by atoms with Gasteiger partial charge in [0.25, 0.3) is 0 Å². The van der Waals surface area contributed by atoms with Gasteiger partial charge in [-0.15, -0.1) is 0 Å². The van der Waals surface area contributed by atoms with Crippen LogP contribution in [0.3, 0.4) is 0 Å². The van der Waals surface area contributed by atoms with Crippen molar-refractivity contribution in [2.24, 2.45) is 5.73 Å². The smallest absolute Gasteiger partial charge is 0.445 e. The fraction of sp³-hybridized carbons (Fsp3) is 0.0714. The Labute approximate surface area is 214 Å². The topological polar surface area (TPSA) is 117 Å². The highest BCUT2D eigenvalue weighted by atomic mass is 31.2. The van der Waals surface area contributed by atoms with Crippen molar-refractivity contribution in [3.63, 3.8) is 0 Å². The maximum atomic E-state index is 14.5. The van der Waals surface area contributed by atoms with Gasteiger partial charge in [0, 0.05) is 5.56 Å². The van der Waals surface area contributed by atoms with Gasteiger partial charge in [0.1, 0.15) is 18.1 Å². The SMILES string of the molecule is NC(=O)c1ccc(C(NC(=O)OCc2ccccc2)P(=O)(Oc2ccccc2)Oc2ccccc2)cc1. The molecule has 0 saturated carbocycles. The molecule has 0 aromatic heterocycles. The summed E-state index contributed by atoms with van der Waals surface area (Å²) in [5.41, 5.74) is 6.76. The number of amides is 2. The van der Waals surface area contributed by atoms with E-state index in [4.69, 9.17) is 19.5 Å². The van der Waals surface area contributed by atoms with Crippen molar-refractivity contribution >= 4 is 19.6 Å². The molecule has 0 heterocycles. The summed E-state index contributed by atoms with van der Waals surface area (Å²) in [6.07, 6.45) is -0.832. The summed E-state index contributed by atoms with van der Waals surface area (Å²) >= 11 is 0. The number of hydrogen-bond donors (Lipinski definition) is 2. The lowest BCUT2D eigenvalue weighted by molar-refractivity contribution is 0.1000. The normalized spacial score (nSPS) is 11.7. The van der Waals surface area contributed by atoms with Crippen molar-refractivity contribution in [2.75, 3.05) is 0 Å². The molecule has 4 rings (SSSR count). The van der Waals surface area contributed by atoms with Crippen LogP contribution >= 0.6 is 7.60 Å². The number of nitrogens with two attached hydrogens (primary N) is 1. The van der Waals surface area contributed by atoms with Crippen molar-refractivity contribution in [1.29, 1.82) is 0 Å². The number of carbonyl (C=O) groups excluding carboxylic acids is 2. The molecule has 37 heavy (non-hydrogen) atoms. The minimum atomic E-state index is -4.21. The number of primary amides is 1. The third-order valence-electron chi connectivity index (χ3n) is 5.25. The first-order valence-electron chi connectivity index (χ1n) is 11.4. The number of benzene rings is 4. The fourth-order valence-corrected chi connectivity index (χ4v) is 5.31. The summed E-state index contributed by atoms with van der Waals surface area (Å²) < 4.78 is 31.7. The number of hydrogen-bond acceptors (Lipinski definition) is 6. The Bertz CT molecular complexity index is 1320. The number of para-hydroxylation sites is 2. The molecule has 1 unspecified atom stereocenters.